The minimum absolute atomic E-state index is 0.0778. The van der Waals surface area contributed by atoms with Gasteiger partial charge in [-0.2, -0.15) is 13.2 Å². The van der Waals surface area contributed by atoms with E-state index >= 15 is 0 Å². The Morgan fingerprint density at radius 2 is 1.48 bits per heavy atom. The number of ether oxygens (including phenoxy) is 3. The molecule has 0 bridgehead atoms. The molecule has 6 nitrogen and oxygen atoms in total. The van der Waals surface area contributed by atoms with Crippen LogP contribution in [0.25, 0.3) is 0 Å². The van der Waals surface area contributed by atoms with E-state index < -0.39 is 46.8 Å². The highest BCUT2D eigenvalue weighted by molar-refractivity contribution is 6.12. The average molecular weight is 424 g/mol. The molecule has 0 aliphatic rings. The maximum absolute atomic E-state index is 12.8. The SMILES string of the molecule is BC(O)(O)Oc1cc(OC(F)(F)F)ccc1Oc1ccc(C(F)(F)F)cc1C=O. The largest absolute Gasteiger partial charge is 0.573 e. The van der Waals surface area contributed by atoms with E-state index in [2.05, 4.69) is 9.47 Å². The van der Waals surface area contributed by atoms with Crippen molar-refractivity contribution in [2.24, 2.45) is 0 Å². The summed E-state index contributed by atoms with van der Waals surface area (Å²) in [6.07, 6.45) is -9.70. The molecule has 0 aliphatic heterocycles. The third-order valence-corrected chi connectivity index (χ3v) is 3.14. The molecule has 0 heterocycles. The molecule has 0 unspecified atom stereocenters. The van der Waals surface area contributed by atoms with E-state index in [1.54, 1.807) is 0 Å². The van der Waals surface area contributed by atoms with E-state index in [0.29, 0.717) is 18.2 Å². The van der Waals surface area contributed by atoms with Crippen molar-refractivity contribution in [2.75, 3.05) is 0 Å². The van der Waals surface area contributed by atoms with Gasteiger partial charge in [-0.15, -0.1) is 13.2 Å². The van der Waals surface area contributed by atoms with Gasteiger partial charge in [-0.3, -0.25) is 4.79 Å². The molecule has 0 aliphatic carbocycles. The maximum Gasteiger partial charge on any atom is 0.573 e. The van der Waals surface area contributed by atoms with Gasteiger partial charge in [0.25, 0.3) is 5.87 Å². The number of rotatable bonds is 6. The van der Waals surface area contributed by atoms with Crippen LogP contribution in [0.3, 0.4) is 0 Å². The van der Waals surface area contributed by atoms with Crippen LogP contribution in [0.5, 0.6) is 23.0 Å². The number of hydrogen-bond acceptors (Lipinski definition) is 6. The fourth-order valence-electron chi connectivity index (χ4n) is 2.09. The zero-order valence-electron chi connectivity index (χ0n) is 14.3. The predicted molar refractivity (Wildman–Crippen MR) is 86.4 cm³/mol. The highest BCUT2D eigenvalue weighted by Gasteiger charge is 2.33. The lowest BCUT2D eigenvalue weighted by Gasteiger charge is -2.22. The Balaban J connectivity index is 2.44. The summed E-state index contributed by atoms with van der Waals surface area (Å²) in [6, 6.07) is 4.20. The zero-order chi connectivity index (χ0) is 22.0. The molecular weight excluding hydrogens is 413 g/mol. The molecule has 2 rings (SSSR count). The quantitative estimate of drug-likeness (QED) is 0.321. The van der Waals surface area contributed by atoms with Crippen molar-refractivity contribution in [2.45, 2.75) is 18.4 Å². The van der Waals surface area contributed by atoms with Crippen LogP contribution in [0, 0.1) is 0 Å². The van der Waals surface area contributed by atoms with E-state index in [4.69, 9.17) is 4.74 Å². The van der Waals surface area contributed by atoms with E-state index in [1.165, 1.54) is 0 Å². The van der Waals surface area contributed by atoms with Crippen molar-refractivity contribution in [3.8, 4) is 23.0 Å². The standard InChI is InChI=1S/C16H11BF6O6/c17-15(25,26)29-13-6-10(28-16(21,22)23)2-4-12(13)27-11-3-1-9(14(18,19)20)5-8(11)7-24/h1-7,25-26H,17H2. The number of carbonyl (C=O) groups is 1. The average Bonchev–Trinajstić information content (AvgIpc) is 2.53. The second-order valence-electron chi connectivity index (χ2n) is 5.66. The minimum Gasteiger partial charge on any atom is -0.453 e. The van der Waals surface area contributed by atoms with Crippen LogP contribution in [-0.2, 0) is 6.18 Å². The molecule has 156 valence electrons. The third-order valence-electron chi connectivity index (χ3n) is 3.14. The first-order chi connectivity index (χ1) is 13.2. The molecule has 0 atom stereocenters. The highest BCUT2D eigenvalue weighted by atomic mass is 19.4. The molecule has 0 aromatic heterocycles. The number of alkyl halides is 6. The summed E-state index contributed by atoms with van der Waals surface area (Å²) in [7, 11) is 0.739. The van der Waals surface area contributed by atoms with Crippen LogP contribution in [0.1, 0.15) is 15.9 Å². The van der Waals surface area contributed by atoms with Crippen LogP contribution >= 0.6 is 0 Å². The van der Waals surface area contributed by atoms with E-state index in [0.717, 1.165) is 26.0 Å². The molecule has 13 heteroatoms. The number of aliphatic hydroxyl groups is 2. The lowest BCUT2D eigenvalue weighted by molar-refractivity contribution is -0.274. The molecule has 2 N–H and O–H groups in total. The monoisotopic (exact) mass is 424 g/mol. The Morgan fingerprint density at radius 1 is 0.862 bits per heavy atom. The van der Waals surface area contributed by atoms with Gasteiger partial charge in [0.05, 0.1) is 11.1 Å². The fraction of sp³-hybridized carbons (Fsp3) is 0.188. The van der Waals surface area contributed by atoms with Crippen molar-refractivity contribution < 1.29 is 55.6 Å². The van der Waals surface area contributed by atoms with Crippen LogP contribution in [0.2, 0.25) is 0 Å². The van der Waals surface area contributed by atoms with Gasteiger partial charge in [0.15, 0.2) is 17.8 Å². The molecule has 29 heavy (non-hydrogen) atoms. The molecule has 0 amide bonds. The molecule has 0 spiro atoms. The second kappa shape index (κ2) is 7.83. The Hall–Kier alpha value is -2.93. The maximum atomic E-state index is 12.8. The van der Waals surface area contributed by atoms with Gasteiger partial charge in [0.1, 0.15) is 11.5 Å². The van der Waals surface area contributed by atoms with Crippen LogP contribution < -0.4 is 14.2 Å². The number of halogens is 6. The van der Waals surface area contributed by atoms with Crippen molar-refractivity contribution in [1.29, 1.82) is 0 Å². The number of aldehydes is 1. The van der Waals surface area contributed by atoms with E-state index in [-0.39, 0.29) is 12.0 Å². The molecule has 2 aromatic rings. The Labute approximate surface area is 159 Å². The Kier molecular flexibility index (Phi) is 6.04. The number of carbonyl (C=O) groups excluding carboxylic acids is 1. The summed E-state index contributed by atoms with van der Waals surface area (Å²) >= 11 is 0. The minimum atomic E-state index is -5.06. The zero-order valence-corrected chi connectivity index (χ0v) is 14.3. The van der Waals surface area contributed by atoms with Crippen LogP contribution in [-0.4, -0.2) is 36.6 Å². The van der Waals surface area contributed by atoms with Crippen LogP contribution in [0.15, 0.2) is 36.4 Å². The van der Waals surface area contributed by atoms with Crippen molar-refractivity contribution >= 4 is 14.1 Å². The summed E-state index contributed by atoms with van der Waals surface area (Å²) in [6.45, 7) is 0. The van der Waals surface area contributed by atoms with Gasteiger partial charge in [-0.05, 0) is 30.3 Å². The third kappa shape index (κ3) is 6.57. The topological polar surface area (TPSA) is 85.2 Å². The normalized spacial score (nSPS) is 12.4. The molecule has 0 fully saturated rings. The van der Waals surface area contributed by atoms with Gasteiger partial charge >= 0.3 is 12.5 Å². The highest BCUT2D eigenvalue weighted by Crippen LogP contribution is 2.39. The molecule has 0 radical (unpaired) electrons. The first-order valence-corrected chi connectivity index (χ1v) is 7.56. The smallest absolute Gasteiger partial charge is 0.453 e. The summed E-state index contributed by atoms with van der Waals surface area (Å²) < 4.78 is 89.0. The lowest BCUT2D eigenvalue weighted by Crippen LogP contribution is -2.35. The lowest BCUT2D eigenvalue weighted by atomic mass is 10.1. The van der Waals surface area contributed by atoms with Crippen molar-refractivity contribution in [1.82, 2.24) is 0 Å². The van der Waals surface area contributed by atoms with Gasteiger partial charge in [0.2, 0.25) is 7.85 Å². The molecular formula is C16H11BF6O6. The van der Waals surface area contributed by atoms with Crippen LogP contribution in [0.4, 0.5) is 26.3 Å². The van der Waals surface area contributed by atoms with Crippen molar-refractivity contribution in [3.05, 3.63) is 47.5 Å². The number of benzene rings is 2. The van der Waals surface area contributed by atoms with Crippen molar-refractivity contribution in [3.63, 3.8) is 0 Å². The summed E-state index contributed by atoms with van der Waals surface area (Å²) in [5, 5.41) is 18.7. The first-order valence-electron chi connectivity index (χ1n) is 7.56. The Bertz CT molecular complexity index is 891. The number of hydrogen-bond donors (Lipinski definition) is 2. The Morgan fingerprint density at radius 3 is 2.00 bits per heavy atom. The van der Waals surface area contributed by atoms with E-state index in [9.17, 15) is 41.4 Å². The summed E-state index contributed by atoms with van der Waals surface area (Å²) in [5.74, 6) is -5.12. The fourth-order valence-corrected chi connectivity index (χ4v) is 2.09. The van der Waals surface area contributed by atoms with Gasteiger partial charge in [-0.1, -0.05) is 0 Å². The second-order valence-corrected chi connectivity index (χ2v) is 5.66. The van der Waals surface area contributed by atoms with Gasteiger partial charge in [-0.25, -0.2) is 0 Å². The predicted octanol–water partition coefficient (Wildman–Crippen LogP) is 2.82. The first kappa shape index (κ1) is 22.4. The molecule has 0 saturated carbocycles. The molecule has 0 saturated heterocycles. The summed E-state index contributed by atoms with van der Waals surface area (Å²) in [4.78, 5) is 11.1. The van der Waals surface area contributed by atoms with Gasteiger partial charge < -0.3 is 24.4 Å². The molecule has 2 aromatic carbocycles. The summed E-state index contributed by atoms with van der Waals surface area (Å²) in [5.41, 5.74) is -1.65. The van der Waals surface area contributed by atoms with Gasteiger partial charge in [0, 0.05) is 6.07 Å². The van der Waals surface area contributed by atoms with E-state index in [1.807, 2.05) is 0 Å².